The standard InChI is InChI=1S/C28H38N4O2/c1-27(2,29)19-34-26(33)28(3,4)22-11-9-20(10-12-22)13-16-32-17-14-21(15-18-32)25-30-23-7-5-6-8-24(23)31-25/h5-12,21H,13-19,29H2,1-4H3,(H,30,31). The lowest BCUT2D eigenvalue weighted by molar-refractivity contribution is -0.150. The summed E-state index contributed by atoms with van der Waals surface area (Å²) >= 11 is 0. The minimum atomic E-state index is -0.706. The Bertz CT molecular complexity index is 1070. The number of esters is 1. The first-order valence-corrected chi connectivity index (χ1v) is 12.3. The molecule has 34 heavy (non-hydrogen) atoms. The zero-order valence-corrected chi connectivity index (χ0v) is 20.9. The summed E-state index contributed by atoms with van der Waals surface area (Å²) < 4.78 is 5.46. The quantitative estimate of drug-likeness (QED) is 0.480. The molecule has 0 saturated carbocycles. The van der Waals surface area contributed by atoms with Gasteiger partial charge in [0.15, 0.2) is 0 Å². The number of rotatable bonds is 8. The summed E-state index contributed by atoms with van der Waals surface area (Å²) in [6, 6.07) is 16.6. The molecule has 0 amide bonds. The summed E-state index contributed by atoms with van der Waals surface area (Å²) in [6.07, 6.45) is 3.27. The molecule has 1 aromatic heterocycles. The number of carbonyl (C=O) groups is 1. The van der Waals surface area contributed by atoms with Crippen LogP contribution in [0.5, 0.6) is 0 Å². The Morgan fingerprint density at radius 3 is 2.41 bits per heavy atom. The second-order valence-corrected chi connectivity index (χ2v) is 10.9. The molecule has 2 aromatic carbocycles. The number of nitrogens with zero attached hydrogens (tertiary/aromatic N) is 2. The van der Waals surface area contributed by atoms with Crippen LogP contribution < -0.4 is 5.73 Å². The van der Waals surface area contributed by atoms with Crippen LogP contribution in [-0.2, 0) is 21.4 Å². The van der Waals surface area contributed by atoms with Crippen molar-refractivity contribution in [2.24, 2.45) is 5.73 Å². The molecule has 2 heterocycles. The summed E-state index contributed by atoms with van der Waals surface area (Å²) in [6.45, 7) is 10.9. The first kappa shape index (κ1) is 24.4. The van der Waals surface area contributed by atoms with Gasteiger partial charge in [-0.2, -0.15) is 0 Å². The van der Waals surface area contributed by atoms with Gasteiger partial charge in [-0.25, -0.2) is 4.98 Å². The molecule has 6 heteroatoms. The zero-order chi connectivity index (χ0) is 24.3. The second kappa shape index (κ2) is 9.88. The van der Waals surface area contributed by atoms with Crippen LogP contribution in [0.4, 0.5) is 0 Å². The summed E-state index contributed by atoms with van der Waals surface area (Å²) in [5.41, 5.74) is 9.14. The van der Waals surface area contributed by atoms with E-state index in [0.29, 0.717) is 5.92 Å². The molecule has 182 valence electrons. The molecule has 1 aliphatic rings. The number of hydrogen-bond acceptors (Lipinski definition) is 5. The predicted octanol–water partition coefficient (Wildman–Crippen LogP) is 4.54. The van der Waals surface area contributed by atoms with Crippen molar-refractivity contribution < 1.29 is 9.53 Å². The van der Waals surface area contributed by atoms with Crippen molar-refractivity contribution in [2.45, 2.75) is 63.8 Å². The van der Waals surface area contributed by atoms with Crippen molar-refractivity contribution in [2.75, 3.05) is 26.2 Å². The summed E-state index contributed by atoms with van der Waals surface area (Å²) in [4.78, 5) is 23.5. The van der Waals surface area contributed by atoms with E-state index in [0.717, 1.165) is 61.3 Å². The molecular formula is C28H38N4O2. The molecule has 1 fully saturated rings. The van der Waals surface area contributed by atoms with Gasteiger partial charge in [-0.3, -0.25) is 4.79 Å². The van der Waals surface area contributed by atoms with Crippen molar-refractivity contribution >= 4 is 17.0 Å². The molecule has 0 radical (unpaired) electrons. The van der Waals surface area contributed by atoms with Crippen molar-refractivity contribution in [3.8, 4) is 0 Å². The second-order valence-electron chi connectivity index (χ2n) is 10.9. The lowest BCUT2D eigenvalue weighted by atomic mass is 9.84. The largest absolute Gasteiger partial charge is 0.463 e. The highest BCUT2D eigenvalue weighted by Gasteiger charge is 2.32. The molecule has 0 aliphatic carbocycles. The Labute approximate surface area is 202 Å². The molecule has 1 saturated heterocycles. The number of likely N-dealkylation sites (tertiary alicyclic amines) is 1. The van der Waals surface area contributed by atoms with E-state index >= 15 is 0 Å². The number of aromatic amines is 1. The van der Waals surface area contributed by atoms with Crippen LogP contribution in [0.3, 0.4) is 0 Å². The van der Waals surface area contributed by atoms with Gasteiger partial charge in [-0.15, -0.1) is 0 Å². The van der Waals surface area contributed by atoms with E-state index in [1.807, 2.05) is 33.8 Å². The number of aromatic nitrogens is 2. The number of hydrogen-bond donors (Lipinski definition) is 2. The minimum absolute atomic E-state index is 0.209. The fourth-order valence-corrected chi connectivity index (χ4v) is 4.52. The number of benzene rings is 2. The van der Waals surface area contributed by atoms with Crippen LogP contribution in [0.15, 0.2) is 48.5 Å². The molecule has 0 spiro atoms. The Kier molecular flexibility index (Phi) is 7.10. The Morgan fingerprint density at radius 1 is 1.09 bits per heavy atom. The van der Waals surface area contributed by atoms with Crippen molar-refractivity contribution in [1.82, 2.24) is 14.9 Å². The molecule has 4 rings (SSSR count). The molecular weight excluding hydrogens is 424 g/mol. The molecule has 0 bridgehead atoms. The monoisotopic (exact) mass is 462 g/mol. The summed E-state index contributed by atoms with van der Waals surface area (Å²) in [5, 5.41) is 0. The summed E-state index contributed by atoms with van der Waals surface area (Å²) in [7, 11) is 0. The van der Waals surface area contributed by atoms with E-state index in [1.165, 1.54) is 5.56 Å². The van der Waals surface area contributed by atoms with Crippen molar-refractivity contribution in [3.05, 3.63) is 65.5 Å². The van der Waals surface area contributed by atoms with E-state index in [2.05, 4.69) is 52.3 Å². The third-order valence-electron chi connectivity index (χ3n) is 6.86. The van der Waals surface area contributed by atoms with Gasteiger partial charge < -0.3 is 20.4 Å². The smallest absolute Gasteiger partial charge is 0.316 e. The van der Waals surface area contributed by atoms with E-state index in [1.54, 1.807) is 0 Å². The van der Waals surface area contributed by atoms with Crippen LogP contribution in [0.1, 0.15) is 63.4 Å². The molecule has 0 atom stereocenters. The SMILES string of the molecule is CC(C)(N)COC(=O)C(C)(C)c1ccc(CCN2CCC(c3nc4ccccc4[nH]3)CC2)cc1. The molecule has 0 unspecified atom stereocenters. The number of piperidine rings is 1. The lowest BCUT2D eigenvalue weighted by Gasteiger charge is -2.31. The number of fused-ring (bicyclic) bond motifs is 1. The molecule has 6 nitrogen and oxygen atoms in total. The van der Waals surface area contributed by atoms with E-state index in [4.69, 9.17) is 15.5 Å². The van der Waals surface area contributed by atoms with Gasteiger partial charge in [-0.05, 0) is 83.3 Å². The number of imidazole rings is 1. The lowest BCUT2D eigenvalue weighted by Crippen LogP contribution is -2.41. The Morgan fingerprint density at radius 2 is 1.76 bits per heavy atom. The van der Waals surface area contributed by atoms with Crippen LogP contribution >= 0.6 is 0 Å². The Hall–Kier alpha value is -2.70. The van der Waals surface area contributed by atoms with Crippen LogP contribution in [0.2, 0.25) is 0 Å². The summed E-state index contributed by atoms with van der Waals surface area (Å²) in [5.74, 6) is 1.40. The fourth-order valence-electron chi connectivity index (χ4n) is 4.52. The highest BCUT2D eigenvalue weighted by molar-refractivity contribution is 5.82. The molecule has 3 N–H and O–H groups in total. The van der Waals surface area contributed by atoms with Crippen LogP contribution in [0, 0.1) is 0 Å². The predicted molar refractivity (Wildman–Crippen MR) is 137 cm³/mol. The number of nitrogens with two attached hydrogens (primary N) is 1. The highest BCUT2D eigenvalue weighted by atomic mass is 16.5. The molecule has 1 aliphatic heterocycles. The normalized spacial score (nSPS) is 16.1. The topological polar surface area (TPSA) is 84.2 Å². The third kappa shape index (κ3) is 5.86. The van der Waals surface area contributed by atoms with Crippen LogP contribution in [0.25, 0.3) is 11.0 Å². The first-order valence-electron chi connectivity index (χ1n) is 12.3. The van der Waals surface area contributed by atoms with Crippen LogP contribution in [-0.4, -0.2) is 52.6 Å². The van der Waals surface area contributed by atoms with Gasteiger partial charge in [0.2, 0.25) is 0 Å². The maximum Gasteiger partial charge on any atom is 0.316 e. The van der Waals surface area contributed by atoms with Gasteiger partial charge in [-0.1, -0.05) is 36.4 Å². The average Bonchev–Trinajstić information content (AvgIpc) is 3.25. The Balaban J connectivity index is 1.26. The molecule has 3 aromatic rings. The number of H-pyrrole nitrogens is 1. The van der Waals surface area contributed by atoms with E-state index in [9.17, 15) is 4.79 Å². The maximum atomic E-state index is 12.6. The van der Waals surface area contributed by atoms with Gasteiger partial charge >= 0.3 is 5.97 Å². The van der Waals surface area contributed by atoms with Gasteiger partial charge in [0, 0.05) is 18.0 Å². The van der Waals surface area contributed by atoms with Crippen molar-refractivity contribution in [3.63, 3.8) is 0 Å². The number of carbonyl (C=O) groups excluding carboxylic acids is 1. The first-order chi connectivity index (χ1) is 16.1. The zero-order valence-electron chi connectivity index (χ0n) is 20.9. The maximum absolute atomic E-state index is 12.6. The average molecular weight is 463 g/mol. The van der Waals surface area contributed by atoms with Gasteiger partial charge in [0.05, 0.1) is 16.4 Å². The number of nitrogens with one attached hydrogen (secondary N) is 1. The minimum Gasteiger partial charge on any atom is -0.463 e. The fraction of sp³-hybridized carbons (Fsp3) is 0.500. The highest BCUT2D eigenvalue weighted by Crippen LogP contribution is 2.28. The van der Waals surface area contributed by atoms with Gasteiger partial charge in [0.1, 0.15) is 12.4 Å². The third-order valence-corrected chi connectivity index (χ3v) is 6.86. The van der Waals surface area contributed by atoms with Gasteiger partial charge in [0.25, 0.3) is 0 Å². The van der Waals surface area contributed by atoms with E-state index < -0.39 is 11.0 Å². The number of ether oxygens (including phenoxy) is 1. The number of para-hydroxylation sites is 2. The van der Waals surface area contributed by atoms with Crippen molar-refractivity contribution in [1.29, 1.82) is 0 Å². The van der Waals surface area contributed by atoms with E-state index in [-0.39, 0.29) is 12.6 Å².